The second-order valence-electron chi connectivity index (χ2n) is 9.84. The zero-order valence-electron chi connectivity index (χ0n) is 20.7. The summed E-state index contributed by atoms with van der Waals surface area (Å²) >= 11 is 0. The van der Waals surface area contributed by atoms with Gasteiger partial charge in [0.2, 0.25) is 0 Å². The summed E-state index contributed by atoms with van der Waals surface area (Å²) in [5.41, 5.74) is 1.08. The summed E-state index contributed by atoms with van der Waals surface area (Å²) < 4.78 is 13.3. The van der Waals surface area contributed by atoms with E-state index in [-0.39, 0.29) is 12.1 Å². The Morgan fingerprint density at radius 1 is 1.03 bits per heavy atom. The molecule has 0 radical (unpaired) electrons. The second-order valence-corrected chi connectivity index (χ2v) is 9.84. The van der Waals surface area contributed by atoms with Gasteiger partial charge in [-0.3, -0.25) is 0 Å². The van der Waals surface area contributed by atoms with Crippen molar-refractivity contribution in [2.75, 3.05) is 18.4 Å². The lowest BCUT2D eigenvalue weighted by Crippen LogP contribution is -2.43. The summed E-state index contributed by atoms with van der Waals surface area (Å²) in [6.07, 6.45) is 4.80. The third-order valence-electron chi connectivity index (χ3n) is 5.88. The largest absolute Gasteiger partial charge is 0.457 e. The number of anilines is 2. The van der Waals surface area contributed by atoms with Gasteiger partial charge in [0, 0.05) is 18.8 Å². The molecule has 0 aliphatic carbocycles. The molecule has 2 aromatic heterocycles. The Morgan fingerprint density at radius 2 is 1.78 bits per heavy atom. The molecular formula is C27H30N6O3. The van der Waals surface area contributed by atoms with Gasteiger partial charge < -0.3 is 19.7 Å². The fraction of sp³-hybridized carbons (Fsp3) is 0.333. The van der Waals surface area contributed by atoms with Crippen LogP contribution in [0.15, 0.2) is 67.1 Å². The molecule has 9 nitrogen and oxygen atoms in total. The molecule has 5 rings (SSSR count). The van der Waals surface area contributed by atoms with Gasteiger partial charge in [0.1, 0.15) is 29.2 Å². The number of para-hydroxylation sites is 1. The molecular weight excluding hydrogens is 456 g/mol. The molecule has 1 saturated heterocycles. The molecule has 0 saturated carbocycles. The molecule has 2 aromatic carbocycles. The third kappa shape index (κ3) is 5.40. The van der Waals surface area contributed by atoms with Crippen molar-refractivity contribution < 1.29 is 14.3 Å². The third-order valence-corrected chi connectivity index (χ3v) is 5.88. The smallest absolute Gasteiger partial charge is 0.410 e. The number of likely N-dealkylation sites (tertiary alicyclic amines) is 1. The molecule has 0 spiro atoms. The van der Waals surface area contributed by atoms with Gasteiger partial charge >= 0.3 is 6.09 Å². The highest BCUT2D eigenvalue weighted by molar-refractivity contribution is 5.88. The number of amides is 1. The van der Waals surface area contributed by atoms with E-state index in [1.165, 1.54) is 6.33 Å². The number of carbonyl (C=O) groups excluding carboxylic acids is 1. The monoisotopic (exact) mass is 486 g/mol. The van der Waals surface area contributed by atoms with Crippen molar-refractivity contribution in [2.45, 2.75) is 45.3 Å². The maximum Gasteiger partial charge on any atom is 0.410 e. The maximum atomic E-state index is 12.6. The molecule has 0 unspecified atom stereocenters. The van der Waals surface area contributed by atoms with Crippen LogP contribution in [0, 0.1) is 0 Å². The average molecular weight is 487 g/mol. The summed E-state index contributed by atoms with van der Waals surface area (Å²) in [6.45, 7) is 6.84. The van der Waals surface area contributed by atoms with E-state index in [1.807, 2.05) is 80.1 Å². The number of aromatic nitrogens is 4. The van der Waals surface area contributed by atoms with Crippen LogP contribution in [0.1, 0.15) is 39.7 Å². The molecule has 1 aliphatic heterocycles. The Balaban J connectivity index is 1.31. The quantitative estimate of drug-likeness (QED) is 0.373. The van der Waals surface area contributed by atoms with Crippen LogP contribution in [0.2, 0.25) is 0 Å². The normalized spacial score (nSPS) is 16.1. The molecule has 9 heteroatoms. The van der Waals surface area contributed by atoms with Gasteiger partial charge in [-0.1, -0.05) is 18.2 Å². The number of fused-ring (bicyclic) bond motifs is 1. The fourth-order valence-corrected chi connectivity index (χ4v) is 4.24. The van der Waals surface area contributed by atoms with Crippen LogP contribution in [-0.2, 0) is 4.74 Å². The Kier molecular flexibility index (Phi) is 6.45. The standard InChI is InChI=1S/C27H30N6O3/c1-27(2,3)36-26(34)32-15-7-8-20(17-32)33-25-23(16-30-33)24(28-18-29-25)31-19-11-13-22(14-12-19)35-21-9-5-4-6-10-21/h4-6,9-14,16,18,20H,7-8,15,17H2,1-3H3,(H,28,29,31)/t20-/m1/s1. The van der Waals surface area contributed by atoms with Crippen LogP contribution in [0.4, 0.5) is 16.3 Å². The van der Waals surface area contributed by atoms with Crippen molar-refractivity contribution in [1.82, 2.24) is 24.6 Å². The number of rotatable bonds is 5. The van der Waals surface area contributed by atoms with Crippen molar-refractivity contribution in [3.8, 4) is 11.5 Å². The molecule has 1 atom stereocenters. The number of nitrogens with one attached hydrogen (secondary N) is 1. The van der Waals surface area contributed by atoms with Crippen molar-refractivity contribution in [3.63, 3.8) is 0 Å². The SMILES string of the molecule is CC(C)(C)OC(=O)N1CCC[C@@H](n2ncc3c(Nc4ccc(Oc5ccccc5)cc4)ncnc32)C1. The number of nitrogens with zero attached hydrogens (tertiary/aromatic N) is 5. The van der Waals surface area contributed by atoms with Crippen LogP contribution in [0.25, 0.3) is 11.0 Å². The van der Waals surface area contributed by atoms with E-state index in [4.69, 9.17) is 9.47 Å². The van der Waals surface area contributed by atoms with Gasteiger partial charge in [0.25, 0.3) is 0 Å². The van der Waals surface area contributed by atoms with E-state index < -0.39 is 5.60 Å². The Morgan fingerprint density at radius 3 is 2.53 bits per heavy atom. The first-order valence-electron chi connectivity index (χ1n) is 12.1. The molecule has 1 N–H and O–H groups in total. The van der Waals surface area contributed by atoms with E-state index in [2.05, 4.69) is 20.4 Å². The minimum absolute atomic E-state index is 0.0148. The molecule has 1 amide bonds. The minimum atomic E-state index is -0.526. The van der Waals surface area contributed by atoms with Gasteiger partial charge in [-0.25, -0.2) is 19.4 Å². The Bertz CT molecular complexity index is 1330. The number of hydrogen-bond donors (Lipinski definition) is 1. The predicted molar refractivity (Wildman–Crippen MR) is 138 cm³/mol. The van der Waals surface area contributed by atoms with Crippen LogP contribution in [0.5, 0.6) is 11.5 Å². The molecule has 4 aromatic rings. The Labute approximate surface area is 210 Å². The van der Waals surface area contributed by atoms with Gasteiger partial charge in [-0.2, -0.15) is 5.10 Å². The predicted octanol–water partition coefficient (Wildman–Crippen LogP) is 5.93. The first-order valence-corrected chi connectivity index (χ1v) is 12.1. The zero-order chi connectivity index (χ0) is 25.1. The fourth-order valence-electron chi connectivity index (χ4n) is 4.24. The van der Waals surface area contributed by atoms with Crippen LogP contribution in [-0.4, -0.2) is 49.4 Å². The van der Waals surface area contributed by atoms with Crippen LogP contribution in [0.3, 0.4) is 0 Å². The maximum absolute atomic E-state index is 12.6. The van der Waals surface area contributed by atoms with Crippen molar-refractivity contribution in [3.05, 3.63) is 67.1 Å². The number of ether oxygens (including phenoxy) is 2. The van der Waals surface area contributed by atoms with Gasteiger partial charge in [-0.15, -0.1) is 0 Å². The first kappa shape index (κ1) is 23.6. The lowest BCUT2D eigenvalue weighted by Gasteiger charge is -2.34. The topological polar surface area (TPSA) is 94.4 Å². The van der Waals surface area contributed by atoms with E-state index in [0.717, 1.165) is 41.1 Å². The molecule has 186 valence electrons. The molecule has 36 heavy (non-hydrogen) atoms. The molecule has 0 bridgehead atoms. The highest BCUT2D eigenvalue weighted by Crippen LogP contribution is 2.30. The van der Waals surface area contributed by atoms with Crippen molar-refractivity contribution >= 4 is 28.6 Å². The van der Waals surface area contributed by atoms with Crippen LogP contribution < -0.4 is 10.1 Å². The zero-order valence-corrected chi connectivity index (χ0v) is 20.7. The van der Waals surface area contributed by atoms with E-state index in [9.17, 15) is 4.79 Å². The number of benzene rings is 2. The summed E-state index contributed by atoms with van der Waals surface area (Å²) in [5, 5.41) is 8.80. The minimum Gasteiger partial charge on any atom is -0.457 e. The van der Waals surface area contributed by atoms with Gasteiger partial charge in [0.05, 0.1) is 17.6 Å². The highest BCUT2D eigenvalue weighted by Gasteiger charge is 2.30. The lowest BCUT2D eigenvalue weighted by molar-refractivity contribution is 0.0169. The lowest BCUT2D eigenvalue weighted by atomic mass is 10.1. The van der Waals surface area contributed by atoms with Gasteiger partial charge in [0.15, 0.2) is 5.65 Å². The van der Waals surface area contributed by atoms with Crippen molar-refractivity contribution in [1.29, 1.82) is 0 Å². The summed E-state index contributed by atoms with van der Waals surface area (Å²) in [6, 6.07) is 17.4. The van der Waals surface area contributed by atoms with E-state index >= 15 is 0 Å². The molecule has 1 aliphatic rings. The number of piperidine rings is 1. The number of hydrogen-bond acceptors (Lipinski definition) is 7. The summed E-state index contributed by atoms with van der Waals surface area (Å²) in [7, 11) is 0. The van der Waals surface area contributed by atoms with Gasteiger partial charge in [-0.05, 0) is 70.0 Å². The first-order chi connectivity index (χ1) is 17.4. The van der Waals surface area contributed by atoms with E-state index in [1.54, 1.807) is 11.1 Å². The molecule has 1 fully saturated rings. The van der Waals surface area contributed by atoms with Crippen molar-refractivity contribution in [2.24, 2.45) is 0 Å². The summed E-state index contributed by atoms with van der Waals surface area (Å²) in [4.78, 5) is 23.3. The van der Waals surface area contributed by atoms with Crippen LogP contribution >= 0.6 is 0 Å². The van der Waals surface area contributed by atoms with E-state index in [0.29, 0.717) is 18.9 Å². The highest BCUT2D eigenvalue weighted by atomic mass is 16.6. The molecule has 3 heterocycles. The Hall–Kier alpha value is -4.14. The number of carbonyl (C=O) groups is 1. The average Bonchev–Trinajstić information content (AvgIpc) is 3.30. The second kappa shape index (κ2) is 9.85. The summed E-state index contributed by atoms with van der Waals surface area (Å²) in [5.74, 6) is 2.21.